The molecule has 4 atom stereocenters. The van der Waals surface area contributed by atoms with E-state index in [1.807, 2.05) is 0 Å². The predicted octanol–water partition coefficient (Wildman–Crippen LogP) is 11.3. The third-order valence-corrected chi connectivity index (χ3v) is 10.2. The quantitative estimate of drug-likeness (QED) is 0.265. The molecule has 0 saturated heterocycles. The van der Waals surface area contributed by atoms with Crippen molar-refractivity contribution in [3.05, 3.63) is 168 Å². The molecule has 1 heterocycles. The van der Waals surface area contributed by atoms with E-state index in [1.54, 1.807) is 0 Å². The highest BCUT2D eigenvalue weighted by molar-refractivity contribution is 5.78. The molecule has 8 rings (SSSR count). The Morgan fingerprint density at radius 1 is 0.800 bits per heavy atom. The van der Waals surface area contributed by atoms with Crippen molar-refractivity contribution >= 4 is 22.6 Å². The zero-order valence-corrected chi connectivity index (χ0v) is 26.2. The zero-order chi connectivity index (χ0) is 30.2. The molecule has 1 aliphatic heterocycles. The van der Waals surface area contributed by atoms with E-state index in [0.29, 0.717) is 23.8 Å². The maximum atomic E-state index is 2.68. The lowest BCUT2D eigenvalue weighted by atomic mass is 9.84. The van der Waals surface area contributed by atoms with Crippen LogP contribution in [0.15, 0.2) is 151 Å². The molecule has 0 N–H and O–H groups in total. The summed E-state index contributed by atoms with van der Waals surface area (Å²) in [6.07, 6.45) is 32.7. The van der Waals surface area contributed by atoms with Crippen LogP contribution in [0.2, 0.25) is 0 Å². The standard InChI is InChI=1S/C43H42N2/c1-31-19-21-32(22-20-31)33-23-26-38(27-24-33)44(36-12-4-2-5-13-36)39-16-10-11-34(29-39)35-25-28-43-41(30-35)40-17-8-9-18-42(40)45(43)37-14-6-3-7-15-37/h2-6,8,10,12-14,16-17,19,21-31,34,40,42H,7,9,11,15,18,20H2,1H3. The van der Waals surface area contributed by atoms with Crippen LogP contribution in [0.25, 0.3) is 5.57 Å². The molecule has 0 radical (unpaired) electrons. The summed E-state index contributed by atoms with van der Waals surface area (Å²) in [4.78, 5) is 5.09. The average Bonchev–Trinajstić information content (AvgIpc) is 3.44. The van der Waals surface area contributed by atoms with Gasteiger partial charge in [0.25, 0.3) is 0 Å². The minimum atomic E-state index is 0.331. The van der Waals surface area contributed by atoms with E-state index in [4.69, 9.17) is 0 Å². The molecule has 4 unspecified atom stereocenters. The van der Waals surface area contributed by atoms with E-state index in [-0.39, 0.29) is 0 Å². The maximum absolute atomic E-state index is 2.68. The van der Waals surface area contributed by atoms with Gasteiger partial charge >= 0.3 is 0 Å². The zero-order valence-electron chi connectivity index (χ0n) is 26.2. The highest BCUT2D eigenvalue weighted by Gasteiger charge is 2.39. The Balaban J connectivity index is 1.13. The normalized spacial score (nSPS) is 24.9. The summed E-state index contributed by atoms with van der Waals surface area (Å²) in [5.41, 5.74) is 12.0. The van der Waals surface area contributed by atoms with Gasteiger partial charge in [-0.2, -0.15) is 0 Å². The minimum Gasteiger partial charge on any atom is -0.341 e. The van der Waals surface area contributed by atoms with Crippen LogP contribution in [-0.4, -0.2) is 6.04 Å². The van der Waals surface area contributed by atoms with Gasteiger partial charge in [0.1, 0.15) is 0 Å². The highest BCUT2D eigenvalue weighted by Crippen LogP contribution is 2.49. The van der Waals surface area contributed by atoms with Gasteiger partial charge in [0.15, 0.2) is 0 Å². The van der Waals surface area contributed by atoms with Crippen molar-refractivity contribution in [2.75, 3.05) is 9.80 Å². The van der Waals surface area contributed by atoms with E-state index in [2.05, 4.69) is 156 Å². The molecule has 2 nitrogen and oxygen atoms in total. The van der Waals surface area contributed by atoms with Crippen molar-refractivity contribution < 1.29 is 0 Å². The van der Waals surface area contributed by atoms with Crippen LogP contribution >= 0.6 is 0 Å². The van der Waals surface area contributed by atoms with Gasteiger partial charge in [-0.1, -0.05) is 104 Å². The Morgan fingerprint density at radius 3 is 2.47 bits per heavy atom. The number of nitrogens with zero attached hydrogens (tertiary/aromatic N) is 2. The molecular weight excluding hydrogens is 544 g/mol. The monoisotopic (exact) mass is 586 g/mol. The summed E-state index contributed by atoms with van der Waals surface area (Å²) in [6.45, 7) is 2.28. The number of benzene rings is 3. The molecule has 45 heavy (non-hydrogen) atoms. The number of hydrogen-bond acceptors (Lipinski definition) is 2. The Morgan fingerprint density at radius 2 is 1.67 bits per heavy atom. The number of allylic oxidation sites excluding steroid dienone is 12. The Hall–Kier alpha value is -4.56. The van der Waals surface area contributed by atoms with Crippen LogP contribution in [0, 0.1) is 5.92 Å². The summed E-state index contributed by atoms with van der Waals surface area (Å²) in [7, 11) is 0. The first kappa shape index (κ1) is 28.0. The van der Waals surface area contributed by atoms with Crippen LogP contribution in [-0.2, 0) is 0 Å². The topological polar surface area (TPSA) is 6.48 Å². The average molecular weight is 587 g/mol. The lowest BCUT2D eigenvalue weighted by molar-refractivity contribution is 0.546. The molecule has 4 aliphatic carbocycles. The Kier molecular flexibility index (Phi) is 7.51. The number of para-hydroxylation sites is 1. The van der Waals surface area contributed by atoms with Gasteiger partial charge in [-0.25, -0.2) is 0 Å². The summed E-state index contributed by atoms with van der Waals surface area (Å²) in [5, 5.41) is 0. The van der Waals surface area contributed by atoms with Gasteiger partial charge in [0.05, 0.1) is 0 Å². The SMILES string of the molecule is CC1C=CC(c2ccc(N(C3=CC(c4ccc5c(c4)C4C=CCCC4N5C4=CC=CCC4)CC=C3)c3ccccc3)cc2)=CC1. The number of hydrogen-bond donors (Lipinski definition) is 0. The fourth-order valence-electron chi connectivity index (χ4n) is 7.86. The largest absolute Gasteiger partial charge is 0.341 e. The molecule has 3 aromatic rings. The first-order valence-corrected chi connectivity index (χ1v) is 16.9. The first-order chi connectivity index (χ1) is 22.2. The van der Waals surface area contributed by atoms with Gasteiger partial charge in [-0.15, -0.1) is 0 Å². The minimum absolute atomic E-state index is 0.331. The van der Waals surface area contributed by atoms with Crippen molar-refractivity contribution in [3.63, 3.8) is 0 Å². The van der Waals surface area contributed by atoms with Crippen LogP contribution in [0.4, 0.5) is 17.1 Å². The number of fused-ring (bicyclic) bond motifs is 3. The van der Waals surface area contributed by atoms with E-state index in [9.17, 15) is 0 Å². The third kappa shape index (κ3) is 5.37. The molecule has 3 aromatic carbocycles. The summed E-state index contributed by atoms with van der Waals surface area (Å²) in [6, 6.07) is 27.8. The summed E-state index contributed by atoms with van der Waals surface area (Å²) < 4.78 is 0. The molecule has 0 saturated carbocycles. The van der Waals surface area contributed by atoms with Crippen molar-refractivity contribution in [2.45, 2.75) is 63.3 Å². The van der Waals surface area contributed by atoms with Crippen LogP contribution < -0.4 is 9.80 Å². The summed E-state index contributed by atoms with van der Waals surface area (Å²) in [5.74, 6) is 1.42. The molecule has 224 valence electrons. The molecule has 0 bridgehead atoms. The lowest BCUT2D eigenvalue weighted by Crippen LogP contribution is -2.34. The molecule has 0 fully saturated rings. The number of anilines is 3. The third-order valence-electron chi connectivity index (χ3n) is 10.2. The van der Waals surface area contributed by atoms with Gasteiger partial charge in [-0.3, -0.25) is 0 Å². The van der Waals surface area contributed by atoms with Gasteiger partial charge in [0, 0.05) is 46.3 Å². The van der Waals surface area contributed by atoms with E-state index >= 15 is 0 Å². The van der Waals surface area contributed by atoms with Crippen molar-refractivity contribution in [2.24, 2.45) is 5.92 Å². The first-order valence-electron chi connectivity index (χ1n) is 16.9. The van der Waals surface area contributed by atoms with E-state index in [1.165, 1.54) is 63.6 Å². The predicted molar refractivity (Wildman–Crippen MR) is 191 cm³/mol. The van der Waals surface area contributed by atoms with Crippen molar-refractivity contribution in [1.29, 1.82) is 0 Å². The second kappa shape index (κ2) is 12.1. The molecule has 0 aromatic heterocycles. The Labute approximate surface area is 268 Å². The fraction of sp³-hybridized carbons (Fsp3) is 0.256. The molecule has 0 amide bonds. The van der Waals surface area contributed by atoms with Crippen molar-refractivity contribution in [1.82, 2.24) is 0 Å². The Bertz CT molecular complexity index is 1780. The van der Waals surface area contributed by atoms with E-state index in [0.717, 1.165) is 25.7 Å². The van der Waals surface area contributed by atoms with Crippen LogP contribution in [0.1, 0.15) is 74.0 Å². The maximum Gasteiger partial charge on any atom is 0.0461 e. The molecular formula is C43H42N2. The van der Waals surface area contributed by atoms with Crippen LogP contribution in [0.5, 0.6) is 0 Å². The van der Waals surface area contributed by atoms with Gasteiger partial charge < -0.3 is 9.80 Å². The second-order valence-electron chi connectivity index (χ2n) is 13.2. The lowest BCUT2D eigenvalue weighted by Gasteiger charge is -2.33. The fourth-order valence-corrected chi connectivity index (χ4v) is 7.86. The molecule has 0 spiro atoms. The molecule has 2 heteroatoms. The smallest absolute Gasteiger partial charge is 0.0461 e. The highest BCUT2D eigenvalue weighted by atomic mass is 15.2. The van der Waals surface area contributed by atoms with Gasteiger partial charge in [-0.05, 0) is 109 Å². The summed E-state index contributed by atoms with van der Waals surface area (Å²) >= 11 is 0. The van der Waals surface area contributed by atoms with Crippen LogP contribution in [0.3, 0.4) is 0 Å². The van der Waals surface area contributed by atoms with E-state index < -0.39 is 0 Å². The second-order valence-corrected chi connectivity index (χ2v) is 13.2. The van der Waals surface area contributed by atoms with Gasteiger partial charge in [0.2, 0.25) is 0 Å². The number of rotatable bonds is 6. The molecule has 5 aliphatic rings. The van der Waals surface area contributed by atoms with Crippen molar-refractivity contribution in [3.8, 4) is 0 Å².